The van der Waals surface area contributed by atoms with Gasteiger partial charge in [0.25, 0.3) is 0 Å². The number of Topliss-reactive ketones (excluding diaryl/α,β-unsaturated/α-hetero) is 1. The SMILES string of the molecule is CCOc1ccc(C(=O)C(C)OCC)cc1. The molecule has 0 saturated heterocycles. The molecule has 0 fully saturated rings. The summed E-state index contributed by atoms with van der Waals surface area (Å²) in [6.45, 7) is 6.74. The average Bonchev–Trinajstić information content (AvgIpc) is 2.30. The summed E-state index contributed by atoms with van der Waals surface area (Å²) in [5, 5.41) is 0. The Morgan fingerprint density at radius 2 is 1.81 bits per heavy atom. The molecule has 1 aromatic carbocycles. The van der Waals surface area contributed by atoms with E-state index in [1.54, 1.807) is 31.2 Å². The molecule has 0 radical (unpaired) electrons. The van der Waals surface area contributed by atoms with Crippen molar-refractivity contribution in [3.05, 3.63) is 29.8 Å². The Morgan fingerprint density at radius 1 is 1.19 bits per heavy atom. The van der Waals surface area contributed by atoms with Gasteiger partial charge in [-0.15, -0.1) is 0 Å². The van der Waals surface area contributed by atoms with Crippen LogP contribution < -0.4 is 4.74 Å². The predicted molar refractivity (Wildman–Crippen MR) is 63.0 cm³/mol. The summed E-state index contributed by atoms with van der Waals surface area (Å²) >= 11 is 0. The third-order valence-electron chi connectivity index (χ3n) is 2.24. The van der Waals surface area contributed by atoms with Gasteiger partial charge in [-0.3, -0.25) is 4.79 Å². The maximum absolute atomic E-state index is 11.8. The Hall–Kier alpha value is -1.35. The summed E-state index contributed by atoms with van der Waals surface area (Å²) in [4.78, 5) is 11.8. The minimum atomic E-state index is -0.386. The van der Waals surface area contributed by atoms with E-state index in [-0.39, 0.29) is 11.9 Å². The quantitative estimate of drug-likeness (QED) is 0.694. The van der Waals surface area contributed by atoms with Crippen LogP contribution in [0, 0.1) is 0 Å². The molecule has 88 valence electrons. The van der Waals surface area contributed by atoms with Crippen LogP contribution in [0.5, 0.6) is 5.75 Å². The van der Waals surface area contributed by atoms with Crippen LogP contribution in [-0.2, 0) is 4.74 Å². The number of hydrogen-bond acceptors (Lipinski definition) is 3. The van der Waals surface area contributed by atoms with E-state index in [2.05, 4.69) is 0 Å². The fourth-order valence-electron chi connectivity index (χ4n) is 1.44. The molecule has 0 aliphatic carbocycles. The first-order valence-corrected chi connectivity index (χ1v) is 5.57. The van der Waals surface area contributed by atoms with Gasteiger partial charge in [0.15, 0.2) is 5.78 Å². The molecule has 3 nitrogen and oxygen atoms in total. The van der Waals surface area contributed by atoms with Crippen molar-refractivity contribution < 1.29 is 14.3 Å². The maximum atomic E-state index is 11.8. The average molecular weight is 222 g/mol. The smallest absolute Gasteiger partial charge is 0.191 e. The van der Waals surface area contributed by atoms with E-state index in [4.69, 9.17) is 9.47 Å². The zero-order valence-electron chi connectivity index (χ0n) is 10.0. The highest BCUT2D eigenvalue weighted by atomic mass is 16.5. The Labute approximate surface area is 96.4 Å². The van der Waals surface area contributed by atoms with E-state index in [1.807, 2.05) is 13.8 Å². The van der Waals surface area contributed by atoms with Gasteiger partial charge in [0.05, 0.1) is 6.61 Å². The first-order valence-electron chi connectivity index (χ1n) is 5.57. The summed E-state index contributed by atoms with van der Waals surface area (Å²) in [5.74, 6) is 0.785. The van der Waals surface area contributed by atoms with Crippen LogP contribution in [0.1, 0.15) is 31.1 Å². The number of ether oxygens (including phenoxy) is 2. The number of benzene rings is 1. The summed E-state index contributed by atoms with van der Waals surface area (Å²) < 4.78 is 10.6. The molecular formula is C13H18O3. The molecule has 1 rings (SSSR count). The normalized spacial score (nSPS) is 12.2. The van der Waals surface area contributed by atoms with E-state index in [0.29, 0.717) is 18.8 Å². The van der Waals surface area contributed by atoms with Crippen LogP contribution in [0.25, 0.3) is 0 Å². The summed E-state index contributed by atoms with van der Waals surface area (Å²) in [6, 6.07) is 7.14. The van der Waals surface area contributed by atoms with Gasteiger partial charge >= 0.3 is 0 Å². The molecule has 3 heteroatoms. The van der Waals surface area contributed by atoms with Gasteiger partial charge in [-0.05, 0) is 45.0 Å². The van der Waals surface area contributed by atoms with E-state index in [0.717, 1.165) is 5.75 Å². The van der Waals surface area contributed by atoms with E-state index < -0.39 is 0 Å². The Balaban J connectivity index is 2.69. The van der Waals surface area contributed by atoms with Gasteiger partial charge in [-0.1, -0.05) is 0 Å². The summed E-state index contributed by atoms with van der Waals surface area (Å²) in [5.41, 5.74) is 0.657. The summed E-state index contributed by atoms with van der Waals surface area (Å²) in [7, 11) is 0. The van der Waals surface area contributed by atoms with Crippen molar-refractivity contribution in [3.8, 4) is 5.75 Å². The van der Waals surface area contributed by atoms with Crippen LogP contribution >= 0.6 is 0 Å². The number of carbonyl (C=O) groups excluding carboxylic acids is 1. The third-order valence-corrected chi connectivity index (χ3v) is 2.24. The predicted octanol–water partition coefficient (Wildman–Crippen LogP) is 2.69. The highest BCUT2D eigenvalue weighted by molar-refractivity contribution is 5.99. The Morgan fingerprint density at radius 3 is 2.31 bits per heavy atom. The van der Waals surface area contributed by atoms with E-state index >= 15 is 0 Å². The van der Waals surface area contributed by atoms with Gasteiger partial charge in [0, 0.05) is 12.2 Å². The minimum Gasteiger partial charge on any atom is -0.494 e. The number of rotatable bonds is 6. The van der Waals surface area contributed by atoms with Crippen molar-refractivity contribution in [1.82, 2.24) is 0 Å². The standard InChI is InChI=1S/C13H18O3/c1-4-15-10(3)13(14)11-6-8-12(9-7-11)16-5-2/h6-10H,4-5H2,1-3H3. The van der Waals surface area contributed by atoms with Crippen molar-refractivity contribution in [2.75, 3.05) is 13.2 Å². The number of hydrogen-bond donors (Lipinski definition) is 0. The summed E-state index contributed by atoms with van der Waals surface area (Å²) in [6.07, 6.45) is -0.386. The molecule has 1 atom stereocenters. The van der Waals surface area contributed by atoms with Gasteiger partial charge in [-0.25, -0.2) is 0 Å². The van der Waals surface area contributed by atoms with E-state index in [9.17, 15) is 4.79 Å². The molecule has 0 aromatic heterocycles. The lowest BCUT2D eigenvalue weighted by atomic mass is 10.1. The van der Waals surface area contributed by atoms with Crippen molar-refractivity contribution in [1.29, 1.82) is 0 Å². The largest absolute Gasteiger partial charge is 0.494 e. The molecular weight excluding hydrogens is 204 g/mol. The molecule has 0 N–H and O–H groups in total. The van der Waals surface area contributed by atoms with E-state index in [1.165, 1.54) is 0 Å². The lowest BCUT2D eigenvalue weighted by Crippen LogP contribution is -2.20. The molecule has 16 heavy (non-hydrogen) atoms. The second-order valence-corrected chi connectivity index (χ2v) is 3.42. The monoisotopic (exact) mass is 222 g/mol. The van der Waals surface area contributed by atoms with Crippen LogP contribution in [-0.4, -0.2) is 25.1 Å². The fourth-order valence-corrected chi connectivity index (χ4v) is 1.44. The minimum absolute atomic E-state index is 0.00454. The van der Waals surface area contributed by atoms with Crippen LogP contribution in [0.3, 0.4) is 0 Å². The maximum Gasteiger partial charge on any atom is 0.191 e. The van der Waals surface area contributed by atoms with Crippen LogP contribution in [0.4, 0.5) is 0 Å². The molecule has 0 aliphatic rings. The third kappa shape index (κ3) is 3.35. The van der Waals surface area contributed by atoms with Crippen molar-refractivity contribution in [3.63, 3.8) is 0 Å². The highest BCUT2D eigenvalue weighted by Crippen LogP contribution is 2.14. The van der Waals surface area contributed by atoms with Crippen LogP contribution in [0.2, 0.25) is 0 Å². The second-order valence-electron chi connectivity index (χ2n) is 3.42. The molecule has 0 bridgehead atoms. The number of ketones is 1. The lowest BCUT2D eigenvalue weighted by Gasteiger charge is -2.10. The Bertz CT molecular complexity index is 330. The van der Waals surface area contributed by atoms with Crippen molar-refractivity contribution in [2.24, 2.45) is 0 Å². The highest BCUT2D eigenvalue weighted by Gasteiger charge is 2.14. The van der Waals surface area contributed by atoms with Gasteiger partial charge in [0.1, 0.15) is 11.9 Å². The molecule has 1 unspecified atom stereocenters. The fraction of sp³-hybridized carbons (Fsp3) is 0.462. The van der Waals surface area contributed by atoms with Gasteiger partial charge in [-0.2, -0.15) is 0 Å². The molecule has 0 heterocycles. The topological polar surface area (TPSA) is 35.5 Å². The molecule has 0 saturated carbocycles. The molecule has 0 aliphatic heterocycles. The number of carbonyl (C=O) groups is 1. The molecule has 0 amide bonds. The Kier molecular flexibility index (Phi) is 4.99. The lowest BCUT2D eigenvalue weighted by molar-refractivity contribution is 0.0520. The van der Waals surface area contributed by atoms with Crippen molar-refractivity contribution >= 4 is 5.78 Å². The van der Waals surface area contributed by atoms with Gasteiger partial charge in [0.2, 0.25) is 0 Å². The van der Waals surface area contributed by atoms with Crippen molar-refractivity contribution in [2.45, 2.75) is 26.9 Å². The van der Waals surface area contributed by atoms with Gasteiger partial charge < -0.3 is 9.47 Å². The zero-order chi connectivity index (χ0) is 12.0. The zero-order valence-corrected chi connectivity index (χ0v) is 10.0. The second kappa shape index (κ2) is 6.28. The molecule has 0 spiro atoms. The molecule has 1 aromatic rings. The first-order chi connectivity index (χ1) is 7.69. The van der Waals surface area contributed by atoms with Crippen LogP contribution in [0.15, 0.2) is 24.3 Å². The first kappa shape index (κ1) is 12.7.